The van der Waals surface area contributed by atoms with Gasteiger partial charge in [0, 0.05) is 19.3 Å². The SMILES string of the molecule is CN(C(=O)c1ccccc1Cl)c1ccc2c(c1)nc1n2CCOC1. The smallest absolute Gasteiger partial charge is 0.259 e. The minimum absolute atomic E-state index is 0.146. The Hall–Kier alpha value is -2.37. The van der Waals surface area contributed by atoms with Crippen molar-refractivity contribution in [3.8, 4) is 0 Å². The molecule has 2 aromatic carbocycles. The lowest BCUT2D eigenvalue weighted by atomic mass is 10.2. The Balaban J connectivity index is 1.71. The van der Waals surface area contributed by atoms with Crippen LogP contribution >= 0.6 is 11.6 Å². The summed E-state index contributed by atoms with van der Waals surface area (Å²) in [6.45, 7) is 2.03. The number of rotatable bonds is 2. The number of aromatic nitrogens is 2. The second-order valence-electron chi connectivity index (χ2n) is 5.75. The van der Waals surface area contributed by atoms with Gasteiger partial charge in [-0.1, -0.05) is 23.7 Å². The zero-order valence-corrected chi connectivity index (χ0v) is 14.0. The number of carbonyl (C=O) groups is 1. The molecule has 0 saturated carbocycles. The molecule has 2 heterocycles. The van der Waals surface area contributed by atoms with E-state index in [1.165, 1.54) is 0 Å². The Bertz CT molecular complexity index is 935. The zero-order valence-electron chi connectivity index (χ0n) is 13.2. The molecule has 24 heavy (non-hydrogen) atoms. The highest BCUT2D eigenvalue weighted by Crippen LogP contribution is 2.26. The molecular formula is C18H16ClN3O2. The number of benzene rings is 2. The highest BCUT2D eigenvalue weighted by atomic mass is 35.5. The van der Waals surface area contributed by atoms with Crippen molar-refractivity contribution in [1.29, 1.82) is 0 Å². The molecule has 1 aliphatic heterocycles. The molecule has 1 amide bonds. The number of carbonyl (C=O) groups excluding carboxylic acids is 1. The van der Waals surface area contributed by atoms with Gasteiger partial charge in [-0.2, -0.15) is 0 Å². The minimum Gasteiger partial charge on any atom is -0.372 e. The van der Waals surface area contributed by atoms with E-state index < -0.39 is 0 Å². The van der Waals surface area contributed by atoms with Crippen molar-refractivity contribution in [3.05, 3.63) is 58.9 Å². The van der Waals surface area contributed by atoms with E-state index in [-0.39, 0.29) is 5.91 Å². The molecule has 1 aromatic heterocycles. The van der Waals surface area contributed by atoms with E-state index in [0.29, 0.717) is 23.8 Å². The average Bonchev–Trinajstić information content (AvgIpc) is 2.98. The zero-order chi connectivity index (χ0) is 16.7. The van der Waals surface area contributed by atoms with Crippen molar-refractivity contribution in [3.63, 3.8) is 0 Å². The first-order valence-corrected chi connectivity index (χ1v) is 8.12. The van der Waals surface area contributed by atoms with Crippen LogP contribution in [0.1, 0.15) is 16.2 Å². The molecule has 0 fully saturated rings. The Labute approximate surface area is 144 Å². The summed E-state index contributed by atoms with van der Waals surface area (Å²) in [7, 11) is 1.74. The van der Waals surface area contributed by atoms with Crippen molar-refractivity contribution in [2.75, 3.05) is 18.6 Å². The van der Waals surface area contributed by atoms with Gasteiger partial charge in [0.25, 0.3) is 5.91 Å². The fourth-order valence-corrected chi connectivity index (χ4v) is 3.20. The van der Waals surface area contributed by atoms with E-state index >= 15 is 0 Å². The second-order valence-corrected chi connectivity index (χ2v) is 6.16. The number of hydrogen-bond acceptors (Lipinski definition) is 3. The highest BCUT2D eigenvalue weighted by Gasteiger charge is 2.19. The predicted octanol–water partition coefficient (Wildman–Crippen LogP) is 3.50. The molecule has 0 spiro atoms. The number of ether oxygens (including phenoxy) is 1. The van der Waals surface area contributed by atoms with E-state index in [1.54, 1.807) is 30.1 Å². The van der Waals surface area contributed by atoms with Gasteiger partial charge in [-0.15, -0.1) is 0 Å². The summed E-state index contributed by atoms with van der Waals surface area (Å²) in [5.41, 5.74) is 3.20. The van der Waals surface area contributed by atoms with Crippen LogP contribution in [0.3, 0.4) is 0 Å². The molecule has 1 aliphatic rings. The lowest BCUT2D eigenvalue weighted by Gasteiger charge is -2.18. The normalized spacial score (nSPS) is 13.8. The van der Waals surface area contributed by atoms with Crippen molar-refractivity contribution >= 4 is 34.2 Å². The maximum atomic E-state index is 12.7. The monoisotopic (exact) mass is 341 g/mol. The molecule has 4 rings (SSSR count). The molecule has 0 atom stereocenters. The number of imidazole rings is 1. The Morgan fingerprint density at radius 3 is 2.96 bits per heavy atom. The van der Waals surface area contributed by atoms with Crippen LogP contribution in [0.2, 0.25) is 5.02 Å². The van der Waals surface area contributed by atoms with Gasteiger partial charge in [0.05, 0.1) is 28.2 Å². The molecule has 0 bridgehead atoms. The second kappa shape index (κ2) is 5.92. The van der Waals surface area contributed by atoms with Crippen molar-refractivity contribution < 1.29 is 9.53 Å². The highest BCUT2D eigenvalue weighted by molar-refractivity contribution is 6.34. The largest absolute Gasteiger partial charge is 0.372 e. The van der Waals surface area contributed by atoms with Crippen LogP contribution in [-0.2, 0) is 17.9 Å². The number of fused-ring (bicyclic) bond motifs is 3. The fraction of sp³-hybridized carbons (Fsp3) is 0.222. The van der Waals surface area contributed by atoms with E-state index in [0.717, 1.165) is 29.1 Å². The summed E-state index contributed by atoms with van der Waals surface area (Å²) < 4.78 is 7.62. The number of halogens is 1. The van der Waals surface area contributed by atoms with E-state index in [1.807, 2.05) is 24.3 Å². The maximum Gasteiger partial charge on any atom is 0.259 e. The van der Waals surface area contributed by atoms with E-state index in [9.17, 15) is 4.79 Å². The van der Waals surface area contributed by atoms with E-state index in [4.69, 9.17) is 16.3 Å². The molecule has 0 N–H and O–H groups in total. The van der Waals surface area contributed by atoms with Crippen LogP contribution < -0.4 is 4.90 Å². The van der Waals surface area contributed by atoms with Crippen LogP contribution in [0.5, 0.6) is 0 Å². The van der Waals surface area contributed by atoms with Gasteiger partial charge in [-0.25, -0.2) is 4.98 Å². The van der Waals surface area contributed by atoms with Crippen molar-refractivity contribution in [2.24, 2.45) is 0 Å². The standard InChI is InChI=1S/C18H16ClN3O2/c1-21(18(23)13-4-2-3-5-14(13)19)12-6-7-16-15(10-12)20-17-11-24-9-8-22(16)17/h2-7,10H,8-9,11H2,1H3. The predicted molar refractivity (Wildman–Crippen MR) is 93.6 cm³/mol. The third kappa shape index (κ3) is 2.46. The lowest BCUT2D eigenvalue weighted by Crippen LogP contribution is -2.26. The lowest BCUT2D eigenvalue weighted by molar-refractivity contribution is 0.0830. The Kier molecular flexibility index (Phi) is 3.75. The van der Waals surface area contributed by atoms with Gasteiger partial charge in [-0.3, -0.25) is 4.79 Å². The summed E-state index contributed by atoms with van der Waals surface area (Å²) in [6.07, 6.45) is 0. The molecule has 0 aliphatic carbocycles. The molecular weight excluding hydrogens is 326 g/mol. The maximum absolute atomic E-state index is 12.7. The van der Waals surface area contributed by atoms with Crippen LogP contribution in [0.15, 0.2) is 42.5 Å². The molecule has 5 nitrogen and oxygen atoms in total. The van der Waals surface area contributed by atoms with Gasteiger partial charge in [0.2, 0.25) is 0 Å². The number of amides is 1. The third-order valence-corrected chi connectivity index (χ3v) is 4.63. The summed E-state index contributed by atoms with van der Waals surface area (Å²) in [4.78, 5) is 18.9. The van der Waals surface area contributed by atoms with Crippen molar-refractivity contribution in [2.45, 2.75) is 13.2 Å². The van der Waals surface area contributed by atoms with Crippen LogP contribution in [-0.4, -0.2) is 29.1 Å². The van der Waals surface area contributed by atoms with Gasteiger partial charge in [0.1, 0.15) is 12.4 Å². The molecule has 0 unspecified atom stereocenters. The Morgan fingerprint density at radius 1 is 1.29 bits per heavy atom. The number of hydrogen-bond donors (Lipinski definition) is 0. The van der Waals surface area contributed by atoms with Gasteiger partial charge >= 0.3 is 0 Å². The van der Waals surface area contributed by atoms with Crippen molar-refractivity contribution in [1.82, 2.24) is 9.55 Å². The van der Waals surface area contributed by atoms with E-state index in [2.05, 4.69) is 9.55 Å². The average molecular weight is 342 g/mol. The summed E-state index contributed by atoms with van der Waals surface area (Å²) in [5.74, 6) is 0.778. The quantitative estimate of drug-likeness (QED) is 0.716. The Morgan fingerprint density at radius 2 is 2.12 bits per heavy atom. The van der Waals surface area contributed by atoms with Crippen LogP contribution in [0.4, 0.5) is 5.69 Å². The molecule has 0 saturated heterocycles. The molecule has 122 valence electrons. The third-order valence-electron chi connectivity index (χ3n) is 4.30. The van der Waals surface area contributed by atoms with Gasteiger partial charge in [0.15, 0.2) is 0 Å². The number of nitrogens with zero attached hydrogens (tertiary/aromatic N) is 3. The summed E-state index contributed by atoms with van der Waals surface area (Å²) in [6, 6.07) is 12.9. The van der Waals surface area contributed by atoms with Gasteiger partial charge < -0.3 is 14.2 Å². The molecule has 3 aromatic rings. The molecule has 0 radical (unpaired) electrons. The first-order chi connectivity index (χ1) is 11.6. The first kappa shape index (κ1) is 15.2. The molecule has 6 heteroatoms. The number of anilines is 1. The summed E-state index contributed by atoms with van der Waals surface area (Å²) >= 11 is 6.14. The summed E-state index contributed by atoms with van der Waals surface area (Å²) in [5, 5.41) is 0.449. The van der Waals surface area contributed by atoms with Gasteiger partial charge in [-0.05, 0) is 30.3 Å². The van der Waals surface area contributed by atoms with Crippen LogP contribution in [0.25, 0.3) is 11.0 Å². The first-order valence-electron chi connectivity index (χ1n) is 7.74. The topological polar surface area (TPSA) is 47.4 Å². The van der Waals surface area contributed by atoms with Crippen LogP contribution in [0, 0.1) is 0 Å². The minimum atomic E-state index is -0.146. The fourth-order valence-electron chi connectivity index (χ4n) is 2.99.